The predicted octanol–water partition coefficient (Wildman–Crippen LogP) is 1.74. The molecule has 2 fully saturated rings. The van der Waals surface area contributed by atoms with Gasteiger partial charge in [0.15, 0.2) is 0 Å². The Labute approximate surface area is 129 Å². The molecule has 1 aromatic rings. The number of halogens is 1. The highest BCUT2D eigenvalue weighted by atomic mass is 35.5. The third-order valence-electron chi connectivity index (χ3n) is 4.78. The standard InChI is InChI=1S/C16H20ClNO3/c17-14-4-2-1-3-12(14)7-15(20)18-8-13-5-6-21-11-16(13,9-18)10-19/h1-4,13,19H,5-11H2/t13-,16+/m0/s1. The third-order valence-corrected chi connectivity index (χ3v) is 5.15. The van der Waals surface area contributed by atoms with Crippen molar-refractivity contribution in [2.75, 3.05) is 32.9 Å². The van der Waals surface area contributed by atoms with Crippen LogP contribution in [0.15, 0.2) is 24.3 Å². The molecule has 2 aliphatic heterocycles. The number of hydrogen-bond acceptors (Lipinski definition) is 3. The Morgan fingerprint density at radius 2 is 2.29 bits per heavy atom. The van der Waals surface area contributed by atoms with Crippen molar-refractivity contribution in [2.45, 2.75) is 12.8 Å². The monoisotopic (exact) mass is 309 g/mol. The molecule has 0 unspecified atom stereocenters. The summed E-state index contributed by atoms with van der Waals surface area (Å²) in [6.45, 7) is 2.64. The van der Waals surface area contributed by atoms with E-state index in [1.807, 2.05) is 23.1 Å². The molecule has 2 aliphatic rings. The zero-order valence-corrected chi connectivity index (χ0v) is 12.7. The van der Waals surface area contributed by atoms with Crippen LogP contribution < -0.4 is 0 Å². The number of benzene rings is 1. The van der Waals surface area contributed by atoms with Gasteiger partial charge < -0.3 is 14.7 Å². The summed E-state index contributed by atoms with van der Waals surface area (Å²) in [5, 5.41) is 10.4. The minimum absolute atomic E-state index is 0.0744. The van der Waals surface area contributed by atoms with Crippen LogP contribution in [0.4, 0.5) is 0 Å². The van der Waals surface area contributed by atoms with Crippen LogP contribution >= 0.6 is 11.6 Å². The van der Waals surface area contributed by atoms with E-state index < -0.39 is 0 Å². The molecule has 0 spiro atoms. The van der Waals surface area contributed by atoms with E-state index in [4.69, 9.17) is 16.3 Å². The van der Waals surface area contributed by atoms with Crippen LogP contribution in [0.1, 0.15) is 12.0 Å². The average Bonchev–Trinajstić information content (AvgIpc) is 2.90. The summed E-state index contributed by atoms with van der Waals surface area (Å²) in [6.07, 6.45) is 1.23. The largest absolute Gasteiger partial charge is 0.396 e. The van der Waals surface area contributed by atoms with Crippen LogP contribution in [0.3, 0.4) is 0 Å². The lowest BCUT2D eigenvalue weighted by molar-refractivity contribution is -0.130. The van der Waals surface area contributed by atoms with Gasteiger partial charge >= 0.3 is 0 Å². The molecule has 1 N–H and O–H groups in total. The first kappa shape index (κ1) is 14.8. The lowest BCUT2D eigenvalue weighted by atomic mass is 9.76. The summed E-state index contributed by atoms with van der Waals surface area (Å²) in [7, 11) is 0. The molecule has 0 radical (unpaired) electrons. The van der Waals surface area contributed by atoms with Gasteiger partial charge in [0.25, 0.3) is 0 Å². The summed E-state index contributed by atoms with van der Waals surface area (Å²) in [5.41, 5.74) is 0.585. The SMILES string of the molecule is O=C(Cc1ccccc1Cl)N1C[C@@H]2CCOC[C@]2(CO)C1. The smallest absolute Gasteiger partial charge is 0.227 e. The van der Waals surface area contributed by atoms with Crippen molar-refractivity contribution in [1.82, 2.24) is 4.90 Å². The molecular weight excluding hydrogens is 290 g/mol. The van der Waals surface area contributed by atoms with E-state index in [1.54, 1.807) is 6.07 Å². The molecule has 114 valence electrons. The molecule has 3 rings (SSSR count). The summed E-state index contributed by atoms with van der Waals surface area (Å²) in [5.74, 6) is 0.414. The van der Waals surface area contributed by atoms with Crippen LogP contribution in [0, 0.1) is 11.3 Å². The second-order valence-corrected chi connectivity index (χ2v) is 6.51. The second kappa shape index (κ2) is 5.95. The number of aliphatic hydroxyl groups excluding tert-OH is 1. The Kier molecular flexibility index (Phi) is 4.20. The van der Waals surface area contributed by atoms with Crippen molar-refractivity contribution in [3.8, 4) is 0 Å². The van der Waals surface area contributed by atoms with Gasteiger partial charge in [0.1, 0.15) is 0 Å². The molecule has 2 atom stereocenters. The molecule has 0 aliphatic carbocycles. The Morgan fingerprint density at radius 3 is 3.00 bits per heavy atom. The molecule has 4 nitrogen and oxygen atoms in total. The van der Waals surface area contributed by atoms with Crippen molar-refractivity contribution in [1.29, 1.82) is 0 Å². The van der Waals surface area contributed by atoms with Gasteiger partial charge in [-0.3, -0.25) is 4.79 Å². The van der Waals surface area contributed by atoms with Crippen LogP contribution in [0.2, 0.25) is 5.02 Å². The number of nitrogens with zero attached hydrogens (tertiary/aromatic N) is 1. The molecule has 1 aromatic carbocycles. The minimum atomic E-state index is -0.269. The van der Waals surface area contributed by atoms with Crippen LogP contribution in [-0.2, 0) is 16.0 Å². The van der Waals surface area contributed by atoms with Crippen molar-refractivity contribution in [3.63, 3.8) is 0 Å². The van der Waals surface area contributed by atoms with Gasteiger partial charge in [-0.2, -0.15) is 0 Å². The normalized spacial score (nSPS) is 28.5. The number of carbonyl (C=O) groups excluding carboxylic acids is 1. The quantitative estimate of drug-likeness (QED) is 0.925. The van der Waals surface area contributed by atoms with Gasteiger partial charge in [0, 0.05) is 30.1 Å². The maximum Gasteiger partial charge on any atom is 0.227 e. The Hall–Kier alpha value is -1.10. The van der Waals surface area contributed by atoms with Crippen molar-refractivity contribution < 1.29 is 14.6 Å². The van der Waals surface area contributed by atoms with Gasteiger partial charge in [-0.25, -0.2) is 0 Å². The van der Waals surface area contributed by atoms with E-state index in [0.717, 1.165) is 18.6 Å². The summed E-state index contributed by atoms with van der Waals surface area (Å²) in [6, 6.07) is 7.44. The Bertz CT molecular complexity index is 536. The average molecular weight is 310 g/mol. The van der Waals surface area contributed by atoms with E-state index in [0.29, 0.717) is 37.1 Å². The predicted molar refractivity (Wildman–Crippen MR) is 80.2 cm³/mol. The van der Waals surface area contributed by atoms with Gasteiger partial charge in [0.2, 0.25) is 5.91 Å². The van der Waals surface area contributed by atoms with E-state index in [1.165, 1.54) is 0 Å². The van der Waals surface area contributed by atoms with E-state index >= 15 is 0 Å². The van der Waals surface area contributed by atoms with Crippen LogP contribution in [0.25, 0.3) is 0 Å². The van der Waals surface area contributed by atoms with Crippen molar-refractivity contribution in [2.24, 2.45) is 11.3 Å². The number of carbonyl (C=O) groups is 1. The highest BCUT2D eigenvalue weighted by Gasteiger charge is 2.49. The zero-order valence-electron chi connectivity index (χ0n) is 11.9. The lowest BCUT2D eigenvalue weighted by Gasteiger charge is -2.36. The molecule has 5 heteroatoms. The summed E-state index contributed by atoms with van der Waals surface area (Å²) in [4.78, 5) is 14.4. The number of likely N-dealkylation sites (tertiary alicyclic amines) is 1. The summed E-state index contributed by atoms with van der Waals surface area (Å²) < 4.78 is 5.52. The summed E-state index contributed by atoms with van der Waals surface area (Å²) >= 11 is 6.12. The first-order chi connectivity index (χ1) is 10.1. The van der Waals surface area contributed by atoms with Crippen LogP contribution in [0.5, 0.6) is 0 Å². The highest BCUT2D eigenvalue weighted by Crippen LogP contribution is 2.41. The number of aliphatic hydroxyl groups is 1. The first-order valence-electron chi connectivity index (χ1n) is 7.34. The van der Waals surface area contributed by atoms with Gasteiger partial charge in [-0.1, -0.05) is 29.8 Å². The van der Waals surface area contributed by atoms with Crippen molar-refractivity contribution >= 4 is 17.5 Å². The number of hydrogen-bond donors (Lipinski definition) is 1. The Morgan fingerprint density at radius 1 is 1.48 bits per heavy atom. The third kappa shape index (κ3) is 2.80. The molecule has 2 heterocycles. The fourth-order valence-corrected chi connectivity index (χ4v) is 3.63. The maximum atomic E-state index is 12.5. The molecule has 0 bridgehead atoms. The fraction of sp³-hybridized carbons (Fsp3) is 0.562. The number of rotatable bonds is 3. The van der Waals surface area contributed by atoms with Crippen LogP contribution in [-0.4, -0.2) is 48.8 Å². The topological polar surface area (TPSA) is 49.8 Å². The molecular formula is C16H20ClNO3. The Balaban J connectivity index is 1.71. The highest BCUT2D eigenvalue weighted by molar-refractivity contribution is 6.31. The van der Waals surface area contributed by atoms with Gasteiger partial charge in [-0.05, 0) is 24.0 Å². The second-order valence-electron chi connectivity index (χ2n) is 6.10. The van der Waals surface area contributed by atoms with E-state index in [9.17, 15) is 9.90 Å². The minimum Gasteiger partial charge on any atom is -0.396 e. The maximum absolute atomic E-state index is 12.5. The number of ether oxygens (including phenoxy) is 1. The van der Waals surface area contributed by atoms with E-state index in [-0.39, 0.29) is 17.9 Å². The molecule has 0 aromatic heterocycles. The van der Waals surface area contributed by atoms with E-state index in [2.05, 4.69) is 0 Å². The molecule has 21 heavy (non-hydrogen) atoms. The lowest BCUT2D eigenvalue weighted by Crippen LogP contribution is -2.43. The number of fused-ring (bicyclic) bond motifs is 1. The van der Waals surface area contributed by atoms with Gasteiger partial charge in [-0.15, -0.1) is 0 Å². The zero-order chi connectivity index (χ0) is 14.9. The first-order valence-corrected chi connectivity index (χ1v) is 7.72. The van der Waals surface area contributed by atoms with Crippen molar-refractivity contribution in [3.05, 3.63) is 34.9 Å². The molecule has 0 saturated carbocycles. The fourth-order valence-electron chi connectivity index (χ4n) is 3.43. The number of amides is 1. The molecule has 1 amide bonds. The van der Waals surface area contributed by atoms with Gasteiger partial charge in [0.05, 0.1) is 19.6 Å². The molecule has 2 saturated heterocycles.